The molecule has 19 heavy (non-hydrogen) atoms. The van der Waals surface area contributed by atoms with Gasteiger partial charge in [0.05, 0.1) is 0 Å². The van der Waals surface area contributed by atoms with Gasteiger partial charge in [0.1, 0.15) is 0 Å². The van der Waals surface area contributed by atoms with Gasteiger partial charge in [-0.3, -0.25) is 0 Å². The van der Waals surface area contributed by atoms with Crippen molar-refractivity contribution in [3.05, 3.63) is 40.7 Å². The van der Waals surface area contributed by atoms with Gasteiger partial charge in [-0.2, -0.15) is 16.4 Å². The Balaban J connectivity index is 1.56. The lowest BCUT2D eigenvalue weighted by Gasteiger charge is -2.33. The van der Waals surface area contributed by atoms with Gasteiger partial charge in [-0.15, -0.1) is 5.10 Å². The number of hydrogen-bond acceptors (Lipinski definition) is 5. The first-order valence-corrected chi connectivity index (χ1v) is 7.63. The van der Waals surface area contributed by atoms with Gasteiger partial charge in [0.2, 0.25) is 0 Å². The van der Waals surface area contributed by atoms with Crippen LogP contribution < -0.4 is 10.2 Å². The molecule has 2 aromatic rings. The molecule has 1 aliphatic heterocycles. The highest BCUT2D eigenvalue weighted by molar-refractivity contribution is 7.07. The van der Waals surface area contributed by atoms with Crippen LogP contribution in [0.5, 0.6) is 0 Å². The van der Waals surface area contributed by atoms with Gasteiger partial charge in [-0.25, -0.2) is 0 Å². The van der Waals surface area contributed by atoms with Crippen molar-refractivity contribution in [1.82, 2.24) is 15.5 Å². The van der Waals surface area contributed by atoms with Crippen LogP contribution in [0.15, 0.2) is 35.2 Å². The Morgan fingerprint density at radius 3 is 3.21 bits per heavy atom. The van der Waals surface area contributed by atoms with E-state index in [1.165, 1.54) is 18.4 Å². The number of hydrogen-bond donors (Lipinski definition) is 1. The highest BCUT2D eigenvalue weighted by Gasteiger charge is 2.20. The second-order valence-corrected chi connectivity index (χ2v) is 5.66. The Morgan fingerprint density at radius 2 is 2.42 bits per heavy atom. The van der Waals surface area contributed by atoms with Gasteiger partial charge < -0.3 is 10.2 Å². The maximum atomic E-state index is 4.20. The fourth-order valence-corrected chi connectivity index (χ4v) is 3.14. The van der Waals surface area contributed by atoms with E-state index in [0.29, 0.717) is 6.04 Å². The monoisotopic (exact) mass is 274 g/mol. The summed E-state index contributed by atoms with van der Waals surface area (Å²) >= 11 is 1.75. The first kappa shape index (κ1) is 12.6. The van der Waals surface area contributed by atoms with Crippen LogP contribution in [0.3, 0.4) is 0 Å². The van der Waals surface area contributed by atoms with E-state index in [1.807, 2.05) is 12.1 Å². The molecule has 4 nitrogen and oxygen atoms in total. The van der Waals surface area contributed by atoms with Crippen molar-refractivity contribution in [1.29, 1.82) is 0 Å². The minimum Gasteiger partial charge on any atom is -0.354 e. The van der Waals surface area contributed by atoms with Crippen LogP contribution >= 0.6 is 11.3 Å². The predicted octanol–water partition coefficient (Wildman–Crippen LogP) is 2.30. The summed E-state index contributed by atoms with van der Waals surface area (Å²) in [6, 6.07) is 6.70. The van der Waals surface area contributed by atoms with Crippen LogP contribution in [-0.4, -0.2) is 29.3 Å². The zero-order valence-electron chi connectivity index (χ0n) is 10.8. The standard InChI is InChI=1S/C14H18N4S/c1-4-14(17-16-6-1)18-7-2-3-13(10-18)15-9-12-5-8-19-11-12/h1,4-6,8,11,13,15H,2-3,7,9-10H2/t13-/m1/s1. The molecule has 2 aromatic heterocycles. The molecule has 0 saturated carbocycles. The highest BCUT2D eigenvalue weighted by Crippen LogP contribution is 2.17. The van der Waals surface area contributed by atoms with E-state index in [0.717, 1.165) is 25.5 Å². The lowest BCUT2D eigenvalue weighted by molar-refractivity contribution is 0.419. The van der Waals surface area contributed by atoms with Crippen LogP contribution in [0.2, 0.25) is 0 Å². The zero-order chi connectivity index (χ0) is 12.9. The van der Waals surface area contributed by atoms with E-state index in [1.54, 1.807) is 17.5 Å². The Morgan fingerprint density at radius 1 is 1.42 bits per heavy atom. The van der Waals surface area contributed by atoms with E-state index in [-0.39, 0.29) is 0 Å². The Kier molecular flexibility index (Phi) is 4.05. The quantitative estimate of drug-likeness (QED) is 0.929. The maximum absolute atomic E-state index is 4.20. The minimum atomic E-state index is 0.538. The summed E-state index contributed by atoms with van der Waals surface area (Å²) in [6.45, 7) is 3.06. The average Bonchev–Trinajstić information content (AvgIpc) is 3.00. The molecule has 0 bridgehead atoms. The van der Waals surface area contributed by atoms with E-state index in [2.05, 4.69) is 37.2 Å². The lowest BCUT2D eigenvalue weighted by atomic mass is 10.1. The van der Waals surface area contributed by atoms with E-state index in [9.17, 15) is 0 Å². The molecule has 3 heterocycles. The Hall–Kier alpha value is -1.46. The van der Waals surface area contributed by atoms with Gasteiger partial charge in [-0.1, -0.05) is 0 Å². The molecule has 1 saturated heterocycles. The van der Waals surface area contributed by atoms with Gasteiger partial charge in [0.25, 0.3) is 0 Å². The van der Waals surface area contributed by atoms with Crippen LogP contribution in [-0.2, 0) is 6.54 Å². The van der Waals surface area contributed by atoms with Gasteiger partial charge in [-0.05, 0) is 47.4 Å². The number of rotatable bonds is 4. The molecule has 100 valence electrons. The number of nitrogens with one attached hydrogen (secondary N) is 1. The van der Waals surface area contributed by atoms with Crippen molar-refractivity contribution in [2.75, 3.05) is 18.0 Å². The van der Waals surface area contributed by atoms with Gasteiger partial charge in [0, 0.05) is 31.9 Å². The molecule has 0 unspecified atom stereocenters. The molecule has 3 rings (SSSR count). The van der Waals surface area contributed by atoms with Crippen LogP contribution in [0.4, 0.5) is 5.82 Å². The second-order valence-electron chi connectivity index (χ2n) is 4.88. The number of thiophene rings is 1. The Labute approximate surface area is 117 Å². The summed E-state index contributed by atoms with van der Waals surface area (Å²) in [5.41, 5.74) is 1.38. The van der Waals surface area contributed by atoms with Crippen molar-refractivity contribution >= 4 is 17.2 Å². The third kappa shape index (κ3) is 3.30. The topological polar surface area (TPSA) is 41.1 Å². The maximum Gasteiger partial charge on any atom is 0.151 e. The smallest absolute Gasteiger partial charge is 0.151 e. The molecule has 0 radical (unpaired) electrons. The fourth-order valence-electron chi connectivity index (χ4n) is 2.47. The molecule has 0 amide bonds. The lowest BCUT2D eigenvalue weighted by Crippen LogP contribution is -2.45. The van der Waals surface area contributed by atoms with Crippen molar-refractivity contribution in [2.45, 2.75) is 25.4 Å². The van der Waals surface area contributed by atoms with E-state index in [4.69, 9.17) is 0 Å². The van der Waals surface area contributed by atoms with Gasteiger partial charge in [0.15, 0.2) is 5.82 Å². The summed E-state index contributed by atoms with van der Waals surface area (Å²) in [5, 5.41) is 16.1. The molecular weight excluding hydrogens is 256 g/mol. The molecule has 1 atom stereocenters. The molecule has 1 N–H and O–H groups in total. The highest BCUT2D eigenvalue weighted by atomic mass is 32.1. The fraction of sp³-hybridized carbons (Fsp3) is 0.429. The van der Waals surface area contributed by atoms with Crippen LogP contribution in [0, 0.1) is 0 Å². The van der Waals surface area contributed by atoms with Crippen molar-refractivity contribution in [3.8, 4) is 0 Å². The second kappa shape index (κ2) is 6.12. The first-order chi connectivity index (χ1) is 9.42. The molecule has 1 fully saturated rings. The molecule has 1 aliphatic rings. The van der Waals surface area contributed by atoms with Crippen LogP contribution in [0.1, 0.15) is 18.4 Å². The molecule has 0 spiro atoms. The molecule has 5 heteroatoms. The number of anilines is 1. The number of aromatic nitrogens is 2. The predicted molar refractivity (Wildman–Crippen MR) is 78.4 cm³/mol. The normalized spacial score (nSPS) is 19.6. The molecule has 0 aromatic carbocycles. The van der Waals surface area contributed by atoms with E-state index < -0.39 is 0 Å². The number of nitrogens with zero attached hydrogens (tertiary/aromatic N) is 3. The van der Waals surface area contributed by atoms with Crippen LogP contribution in [0.25, 0.3) is 0 Å². The summed E-state index contributed by atoms with van der Waals surface area (Å²) < 4.78 is 0. The van der Waals surface area contributed by atoms with Crippen molar-refractivity contribution < 1.29 is 0 Å². The Bertz CT molecular complexity index is 485. The SMILES string of the molecule is c1cnnc(N2CCC[C@@H](NCc3ccsc3)C2)c1. The summed E-state index contributed by atoms with van der Waals surface area (Å²) in [5.74, 6) is 0.990. The largest absolute Gasteiger partial charge is 0.354 e. The first-order valence-electron chi connectivity index (χ1n) is 6.69. The van der Waals surface area contributed by atoms with Gasteiger partial charge >= 0.3 is 0 Å². The minimum absolute atomic E-state index is 0.538. The third-order valence-electron chi connectivity index (χ3n) is 3.48. The zero-order valence-corrected chi connectivity index (χ0v) is 11.6. The van der Waals surface area contributed by atoms with Crippen molar-refractivity contribution in [2.24, 2.45) is 0 Å². The van der Waals surface area contributed by atoms with Crippen molar-refractivity contribution in [3.63, 3.8) is 0 Å². The summed E-state index contributed by atoms with van der Waals surface area (Å²) in [7, 11) is 0. The average molecular weight is 274 g/mol. The molecular formula is C14H18N4S. The van der Waals surface area contributed by atoms with E-state index >= 15 is 0 Å². The third-order valence-corrected chi connectivity index (χ3v) is 4.21. The summed E-state index contributed by atoms with van der Waals surface area (Å²) in [4.78, 5) is 2.32. The summed E-state index contributed by atoms with van der Waals surface area (Å²) in [6.07, 6.45) is 4.17. The number of piperidine rings is 1. The molecule has 0 aliphatic carbocycles.